The first-order chi connectivity index (χ1) is 9.93. The average Bonchev–Trinajstić information content (AvgIpc) is 2.45. The van der Waals surface area contributed by atoms with Crippen molar-refractivity contribution in [2.75, 3.05) is 0 Å². The molecule has 0 aromatic heterocycles. The highest BCUT2D eigenvalue weighted by molar-refractivity contribution is 6.30. The molecule has 1 aliphatic heterocycles. The SMILES string of the molecule is CCCC1NC(=O)C(C)N(Cc2ccc(Cl)c(F)c2)C1=O. The summed E-state index contributed by atoms with van der Waals surface area (Å²) in [6.45, 7) is 3.82. The molecule has 1 aromatic rings. The molecule has 0 radical (unpaired) electrons. The molecule has 1 aromatic carbocycles. The van der Waals surface area contributed by atoms with Gasteiger partial charge in [-0.1, -0.05) is 31.0 Å². The van der Waals surface area contributed by atoms with Crippen molar-refractivity contribution >= 4 is 23.4 Å². The number of nitrogens with zero attached hydrogens (tertiary/aromatic N) is 1. The number of nitrogens with one attached hydrogen (secondary N) is 1. The lowest BCUT2D eigenvalue weighted by molar-refractivity contribution is -0.149. The molecule has 0 saturated carbocycles. The molecular weight excluding hydrogens is 295 g/mol. The summed E-state index contributed by atoms with van der Waals surface area (Å²) < 4.78 is 13.5. The third kappa shape index (κ3) is 3.35. The Kier molecular flexibility index (Phi) is 4.83. The molecule has 114 valence electrons. The van der Waals surface area contributed by atoms with Crippen LogP contribution in [0.4, 0.5) is 4.39 Å². The molecule has 1 fully saturated rings. The highest BCUT2D eigenvalue weighted by atomic mass is 35.5. The number of rotatable bonds is 4. The fourth-order valence-corrected chi connectivity index (χ4v) is 2.54. The second-order valence-corrected chi connectivity index (χ2v) is 5.65. The van der Waals surface area contributed by atoms with E-state index in [0.29, 0.717) is 12.0 Å². The van der Waals surface area contributed by atoms with Gasteiger partial charge >= 0.3 is 0 Å². The van der Waals surface area contributed by atoms with Crippen molar-refractivity contribution in [2.24, 2.45) is 0 Å². The molecule has 2 unspecified atom stereocenters. The van der Waals surface area contributed by atoms with Crippen LogP contribution in [0, 0.1) is 5.82 Å². The molecule has 2 rings (SSSR count). The lowest BCUT2D eigenvalue weighted by Gasteiger charge is -2.37. The van der Waals surface area contributed by atoms with Gasteiger partial charge in [0.2, 0.25) is 11.8 Å². The van der Waals surface area contributed by atoms with Gasteiger partial charge in [0, 0.05) is 6.54 Å². The number of benzene rings is 1. The maximum atomic E-state index is 13.5. The summed E-state index contributed by atoms with van der Waals surface area (Å²) in [5.74, 6) is -0.831. The van der Waals surface area contributed by atoms with Gasteiger partial charge in [-0.05, 0) is 31.0 Å². The predicted molar refractivity (Wildman–Crippen MR) is 78.3 cm³/mol. The van der Waals surface area contributed by atoms with Crippen LogP contribution < -0.4 is 5.32 Å². The number of hydrogen-bond donors (Lipinski definition) is 1. The summed E-state index contributed by atoms with van der Waals surface area (Å²) in [6.07, 6.45) is 1.40. The van der Waals surface area contributed by atoms with Gasteiger partial charge < -0.3 is 10.2 Å². The average molecular weight is 313 g/mol. The second-order valence-electron chi connectivity index (χ2n) is 5.24. The van der Waals surface area contributed by atoms with E-state index in [1.165, 1.54) is 17.0 Å². The van der Waals surface area contributed by atoms with E-state index in [-0.39, 0.29) is 23.4 Å². The van der Waals surface area contributed by atoms with Crippen LogP contribution in [0.15, 0.2) is 18.2 Å². The number of halogens is 2. The van der Waals surface area contributed by atoms with Gasteiger partial charge in [0.25, 0.3) is 0 Å². The maximum absolute atomic E-state index is 13.5. The fraction of sp³-hybridized carbons (Fsp3) is 0.467. The second kappa shape index (κ2) is 6.43. The lowest BCUT2D eigenvalue weighted by atomic mass is 10.0. The van der Waals surface area contributed by atoms with Crippen LogP contribution in [0.3, 0.4) is 0 Å². The number of amides is 2. The molecule has 1 saturated heterocycles. The van der Waals surface area contributed by atoms with E-state index in [2.05, 4.69) is 5.32 Å². The minimum Gasteiger partial charge on any atom is -0.343 e. The smallest absolute Gasteiger partial charge is 0.246 e. The van der Waals surface area contributed by atoms with Crippen LogP contribution in [0.25, 0.3) is 0 Å². The molecule has 1 N–H and O–H groups in total. The molecule has 2 atom stereocenters. The van der Waals surface area contributed by atoms with Gasteiger partial charge in [-0.25, -0.2) is 4.39 Å². The highest BCUT2D eigenvalue weighted by Gasteiger charge is 2.37. The summed E-state index contributed by atoms with van der Waals surface area (Å²) in [5, 5.41) is 2.77. The van der Waals surface area contributed by atoms with Gasteiger partial charge in [0.15, 0.2) is 0 Å². The number of carbonyl (C=O) groups is 2. The molecule has 0 aliphatic carbocycles. The van der Waals surface area contributed by atoms with Crippen molar-refractivity contribution in [1.29, 1.82) is 0 Å². The predicted octanol–water partition coefficient (Wildman–Crippen LogP) is 2.49. The van der Waals surface area contributed by atoms with Gasteiger partial charge in [-0.3, -0.25) is 9.59 Å². The minimum atomic E-state index is -0.565. The van der Waals surface area contributed by atoms with Crippen LogP contribution in [0.2, 0.25) is 5.02 Å². The molecule has 1 aliphatic rings. The first-order valence-electron chi connectivity index (χ1n) is 6.98. The molecule has 0 bridgehead atoms. The van der Waals surface area contributed by atoms with Gasteiger partial charge in [0.05, 0.1) is 5.02 Å². The lowest BCUT2D eigenvalue weighted by Crippen LogP contribution is -2.61. The van der Waals surface area contributed by atoms with E-state index >= 15 is 0 Å². The van der Waals surface area contributed by atoms with Gasteiger partial charge in [-0.15, -0.1) is 0 Å². The summed E-state index contributed by atoms with van der Waals surface area (Å²) in [6, 6.07) is 3.35. The van der Waals surface area contributed by atoms with Crippen molar-refractivity contribution < 1.29 is 14.0 Å². The summed E-state index contributed by atoms with van der Waals surface area (Å²) in [7, 11) is 0. The minimum absolute atomic E-state index is 0.0402. The Morgan fingerprint density at radius 1 is 1.38 bits per heavy atom. The number of piperazine rings is 1. The molecular formula is C15H18ClFN2O2. The quantitative estimate of drug-likeness (QED) is 0.928. The molecule has 1 heterocycles. The topological polar surface area (TPSA) is 49.4 Å². The first-order valence-corrected chi connectivity index (χ1v) is 7.36. The number of hydrogen-bond acceptors (Lipinski definition) is 2. The van der Waals surface area contributed by atoms with E-state index < -0.39 is 17.9 Å². The Bertz CT molecular complexity index is 565. The van der Waals surface area contributed by atoms with Crippen LogP contribution in [0.5, 0.6) is 0 Å². The van der Waals surface area contributed by atoms with Crippen molar-refractivity contribution in [3.8, 4) is 0 Å². The molecule has 4 nitrogen and oxygen atoms in total. The zero-order valence-electron chi connectivity index (χ0n) is 12.0. The molecule has 21 heavy (non-hydrogen) atoms. The monoisotopic (exact) mass is 312 g/mol. The van der Waals surface area contributed by atoms with E-state index in [9.17, 15) is 14.0 Å². The Balaban J connectivity index is 2.20. The Labute approximate surface area is 128 Å². The van der Waals surface area contributed by atoms with Crippen LogP contribution >= 0.6 is 11.6 Å². The third-order valence-corrected chi connectivity index (χ3v) is 3.97. The highest BCUT2D eigenvalue weighted by Crippen LogP contribution is 2.20. The largest absolute Gasteiger partial charge is 0.343 e. The first kappa shape index (κ1) is 15.8. The van der Waals surface area contributed by atoms with Crippen LogP contribution in [-0.4, -0.2) is 28.8 Å². The van der Waals surface area contributed by atoms with E-state index in [4.69, 9.17) is 11.6 Å². The van der Waals surface area contributed by atoms with Gasteiger partial charge in [-0.2, -0.15) is 0 Å². The van der Waals surface area contributed by atoms with Crippen molar-refractivity contribution in [3.63, 3.8) is 0 Å². The van der Waals surface area contributed by atoms with Gasteiger partial charge in [0.1, 0.15) is 17.9 Å². The van der Waals surface area contributed by atoms with Crippen molar-refractivity contribution in [3.05, 3.63) is 34.6 Å². The Morgan fingerprint density at radius 2 is 2.10 bits per heavy atom. The summed E-state index contributed by atoms with van der Waals surface area (Å²) >= 11 is 5.65. The fourth-order valence-electron chi connectivity index (χ4n) is 2.42. The van der Waals surface area contributed by atoms with Crippen molar-refractivity contribution in [2.45, 2.75) is 45.3 Å². The van der Waals surface area contributed by atoms with Crippen LogP contribution in [-0.2, 0) is 16.1 Å². The van der Waals surface area contributed by atoms with E-state index in [1.807, 2.05) is 6.92 Å². The third-order valence-electron chi connectivity index (χ3n) is 3.66. The normalized spacial score (nSPS) is 22.4. The molecule has 0 spiro atoms. The summed E-state index contributed by atoms with van der Waals surface area (Å²) in [5.41, 5.74) is 0.613. The zero-order chi connectivity index (χ0) is 15.6. The van der Waals surface area contributed by atoms with E-state index in [0.717, 1.165) is 6.42 Å². The number of carbonyl (C=O) groups excluding carboxylic acids is 2. The van der Waals surface area contributed by atoms with E-state index in [1.54, 1.807) is 13.0 Å². The Hall–Kier alpha value is -1.62. The maximum Gasteiger partial charge on any atom is 0.246 e. The Morgan fingerprint density at radius 3 is 2.71 bits per heavy atom. The van der Waals surface area contributed by atoms with Crippen LogP contribution in [0.1, 0.15) is 32.3 Å². The summed E-state index contributed by atoms with van der Waals surface area (Å²) in [4.78, 5) is 25.9. The van der Waals surface area contributed by atoms with Crippen molar-refractivity contribution in [1.82, 2.24) is 10.2 Å². The zero-order valence-corrected chi connectivity index (χ0v) is 12.8. The molecule has 6 heteroatoms. The molecule has 2 amide bonds. The standard InChI is InChI=1S/C15H18ClFN2O2/c1-3-4-13-15(21)19(9(2)14(20)18-13)8-10-5-6-11(16)12(17)7-10/h5-7,9,13H,3-4,8H2,1-2H3,(H,18,20).